The molecule has 0 aliphatic carbocycles. The number of ether oxygens (including phenoxy) is 2. The lowest BCUT2D eigenvalue weighted by Gasteiger charge is -2.30. The maximum absolute atomic E-state index is 9.48. The minimum absolute atomic E-state index is 0.0200. The van der Waals surface area contributed by atoms with Gasteiger partial charge < -0.3 is 19.9 Å². The average molecular weight is 293 g/mol. The zero-order valence-corrected chi connectivity index (χ0v) is 13.7. The Morgan fingerprint density at radius 1 is 1.48 bits per heavy atom. The largest absolute Gasteiger partial charge is 0.487 e. The van der Waals surface area contributed by atoms with Crippen LogP contribution in [0, 0.1) is 0 Å². The summed E-state index contributed by atoms with van der Waals surface area (Å²) in [5.74, 6) is 1.66. The van der Waals surface area contributed by atoms with Gasteiger partial charge in [0.1, 0.15) is 5.60 Å². The minimum atomic E-state index is -0.336. The normalized spacial score (nSPS) is 20.3. The molecule has 118 valence electrons. The fraction of sp³-hybridized carbons (Fsp3) is 0.647. The average Bonchev–Trinajstić information content (AvgIpc) is 2.73. The fourth-order valence-corrected chi connectivity index (χ4v) is 2.82. The lowest BCUT2D eigenvalue weighted by Crippen LogP contribution is -2.46. The van der Waals surface area contributed by atoms with E-state index in [9.17, 15) is 5.11 Å². The molecule has 2 atom stereocenters. The number of hydrogen-bond acceptors (Lipinski definition) is 4. The first kappa shape index (κ1) is 16.1. The Hall–Kier alpha value is -1.26. The molecule has 1 aliphatic rings. The van der Waals surface area contributed by atoms with Gasteiger partial charge in [0.05, 0.1) is 12.7 Å². The van der Waals surface area contributed by atoms with Crippen molar-refractivity contribution in [1.82, 2.24) is 5.32 Å². The second-order valence-electron chi connectivity index (χ2n) is 6.88. The van der Waals surface area contributed by atoms with Crippen LogP contribution in [0.3, 0.4) is 0 Å². The van der Waals surface area contributed by atoms with Gasteiger partial charge in [-0.05, 0) is 40.8 Å². The molecule has 0 spiro atoms. The van der Waals surface area contributed by atoms with E-state index in [-0.39, 0.29) is 23.9 Å². The van der Waals surface area contributed by atoms with Crippen molar-refractivity contribution in [3.63, 3.8) is 0 Å². The molecule has 2 rings (SSSR count). The Morgan fingerprint density at radius 3 is 2.81 bits per heavy atom. The molecule has 2 N–H and O–H groups in total. The molecule has 0 saturated heterocycles. The van der Waals surface area contributed by atoms with Crippen LogP contribution in [0.2, 0.25) is 0 Å². The Balaban J connectivity index is 2.10. The Kier molecular flexibility index (Phi) is 4.49. The number of rotatable bonds is 6. The van der Waals surface area contributed by atoms with Gasteiger partial charge in [0.2, 0.25) is 0 Å². The van der Waals surface area contributed by atoms with Crippen LogP contribution in [0.4, 0.5) is 0 Å². The van der Waals surface area contributed by atoms with Crippen LogP contribution >= 0.6 is 0 Å². The van der Waals surface area contributed by atoms with Crippen LogP contribution in [0.15, 0.2) is 18.2 Å². The maximum Gasteiger partial charge on any atom is 0.165 e. The summed E-state index contributed by atoms with van der Waals surface area (Å²) in [6.45, 7) is 8.26. The van der Waals surface area contributed by atoms with Gasteiger partial charge in [0.15, 0.2) is 11.5 Å². The predicted molar refractivity (Wildman–Crippen MR) is 84.1 cm³/mol. The smallest absolute Gasteiger partial charge is 0.165 e. The standard InChI is InChI=1S/C17H27NO3/c1-12(9-17(4,11-19)18-5)20-14-8-6-7-13-10-16(2,3)21-15(13)14/h6-8,12,18-19H,9-11H2,1-5H3. The fourth-order valence-electron chi connectivity index (χ4n) is 2.82. The van der Waals surface area contributed by atoms with E-state index in [1.54, 1.807) is 0 Å². The minimum Gasteiger partial charge on any atom is -0.487 e. The highest BCUT2D eigenvalue weighted by Crippen LogP contribution is 2.42. The molecule has 1 aromatic carbocycles. The molecule has 1 aromatic rings. The molecule has 0 fully saturated rings. The first-order valence-corrected chi connectivity index (χ1v) is 7.56. The summed E-state index contributed by atoms with van der Waals surface area (Å²) >= 11 is 0. The molecular weight excluding hydrogens is 266 g/mol. The van der Waals surface area contributed by atoms with E-state index in [1.165, 1.54) is 5.56 Å². The van der Waals surface area contributed by atoms with Gasteiger partial charge in [0, 0.05) is 23.9 Å². The third kappa shape index (κ3) is 3.69. The van der Waals surface area contributed by atoms with Gasteiger partial charge >= 0.3 is 0 Å². The van der Waals surface area contributed by atoms with Gasteiger partial charge in [-0.3, -0.25) is 0 Å². The second kappa shape index (κ2) is 5.85. The van der Waals surface area contributed by atoms with Crippen molar-refractivity contribution in [2.75, 3.05) is 13.7 Å². The summed E-state index contributed by atoms with van der Waals surface area (Å²) in [6, 6.07) is 6.05. The number of fused-ring (bicyclic) bond motifs is 1. The van der Waals surface area contributed by atoms with E-state index in [2.05, 4.69) is 25.2 Å². The molecule has 0 saturated carbocycles. The van der Waals surface area contributed by atoms with Crippen LogP contribution in [-0.4, -0.2) is 36.0 Å². The molecule has 0 aromatic heterocycles. The molecule has 1 heterocycles. The molecule has 0 bridgehead atoms. The van der Waals surface area contributed by atoms with Crippen molar-refractivity contribution in [2.45, 2.75) is 57.8 Å². The predicted octanol–water partition coefficient (Wildman–Crippen LogP) is 2.53. The van der Waals surface area contributed by atoms with Gasteiger partial charge in [-0.15, -0.1) is 0 Å². The molecule has 1 aliphatic heterocycles. The first-order chi connectivity index (χ1) is 9.78. The molecule has 4 nitrogen and oxygen atoms in total. The number of benzene rings is 1. The Labute approximate surface area is 127 Å². The van der Waals surface area contributed by atoms with E-state index in [4.69, 9.17) is 9.47 Å². The van der Waals surface area contributed by atoms with Crippen LogP contribution in [0.5, 0.6) is 11.5 Å². The summed E-state index contributed by atoms with van der Waals surface area (Å²) in [5.41, 5.74) is 0.691. The van der Waals surface area contributed by atoms with Crippen molar-refractivity contribution in [3.05, 3.63) is 23.8 Å². The lowest BCUT2D eigenvalue weighted by atomic mass is 9.96. The monoisotopic (exact) mass is 293 g/mol. The number of likely N-dealkylation sites (N-methyl/N-ethyl adjacent to an activating group) is 1. The highest BCUT2D eigenvalue weighted by atomic mass is 16.5. The van der Waals surface area contributed by atoms with Crippen LogP contribution < -0.4 is 14.8 Å². The van der Waals surface area contributed by atoms with E-state index in [1.807, 2.05) is 33.0 Å². The highest BCUT2D eigenvalue weighted by molar-refractivity contribution is 5.50. The van der Waals surface area contributed by atoms with Crippen molar-refractivity contribution in [3.8, 4) is 11.5 Å². The van der Waals surface area contributed by atoms with Gasteiger partial charge in [-0.2, -0.15) is 0 Å². The second-order valence-corrected chi connectivity index (χ2v) is 6.88. The highest BCUT2D eigenvalue weighted by Gasteiger charge is 2.33. The number of para-hydroxylation sites is 1. The van der Waals surface area contributed by atoms with Crippen LogP contribution in [0.1, 0.15) is 39.7 Å². The van der Waals surface area contributed by atoms with Crippen molar-refractivity contribution in [1.29, 1.82) is 0 Å². The quantitative estimate of drug-likeness (QED) is 0.846. The maximum atomic E-state index is 9.48. The molecular formula is C17H27NO3. The number of aliphatic hydroxyl groups is 1. The van der Waals surface area contributed by atoms with E-state index in [0.717, 1.165) is 17.9 Å². The third-order valence-electron chi connectivity index (χ3n) is 4.07. The summed E-state index contributed by atoms with van der Waals surface area (Å²) in [4.78, 5) is 0. The van der Waals surface area contributed by atoms with Crippen molar-refractivity contribution >= 4 is 0 Å². The SMILES string of the molecule is CNC(C)(CO)CC(C)Oc1cccc2c1OC(C)(C)C2. The summed E-state index contributed by atoms with van der Waals surface area (Å²) in [5, 5.41) is 12.6. The summed E-state index contributed by atoms with van der Waals surface area (Å²) < 4.78 is 12.1. The lowest BCUT2D eigenvalue weighted by molar-refractivity contribution is 0.103. The first-order valence-electron chi connectivity index (χ1n) is 7.56. The molecule has 21 heavy (non-hydrogen) atoms. The number of aliphatic hydroxyl groups excluding tert-OH is 1. The van der Waals surface area contributed by atoms with Crippen LogP contribution in [-0.2, 0) is 6.42 Å². The molecule has 2 unspecified atom stereocenters. The molecule has 0 amide bonds. The van der Waals surface area contributed by atoms with E-state index < -0.39 is 0 Å². The van der Waals surface area contributed by atoms with Gasteiger partial charge in [0.25, 0.3) is 0 Å². The number of hydrogen-bond donors (Lipinski definition) is 2. The zero-order valence-electron chi connectivity index (χ0n) is 13.7. The van der Waals surface area contributed by atoms with Crippen molar-refractivity contribution < 1.29 is 14.6 Å². The topological polar surface area (TPSA) is 50.7 Å². The number of nitrogens with one attached hydrogen (secondary N) is 1. The molecule has 4 heteroatoms. The van der Waals surface area contributed by atoms with Gasteiger partial charge in [-0.25, -0.2) is 0 Å². The van der Waals surface area contributed by atoms with Crippen molar-refractivity contribution in [2.24, 2.45) is 0 Å². The Bertz CT molecular complexity index is 495. The van der Waals surface area contributed by atoms with E-state index in [0.29, 0.717) is 6.42 Å². The van der Waals surface area contributed by atoms with Gasteiger partial charge in [-0.1, -0.05) is 12.1 Å². The van der Waals surface area contributed by atoms with E-state index >= 15 is 0 Å². The van der Waals surface area contributed by atoms with Crippen LogP contribution in [0.25, 0.3) is 0 Å². The summed E-state index contributed by atoms with van der Waals surface area (Å²) in [6.07, 6.45) is 1.60. The zero-order chi connectivity index (χ0) is 15.7. The Morgan fingerprint density at radius 2 is 2.19 bits per heavy atom. The third-order valence-corrected chi connectivity index (χ3v) is 4.07. The molecule has 0 radical (unpaired) electrons. The summed E-state index contributed by atoms with van der Waals surface area (Å²) in [7, 11) is 1.86.